The first-order valence-electron chi connectivity index (χ1n) is 7.28. The van der Waals surface area contributed by atoms with Gasteiger partial charge >= 0.3 is 0 Å². The van der Waals surface area contributed by atoms with Gasteiger partial charge in [-0.3, -0.25) is 4.57 Å². The molecular weight excluding hydrogens is 409 g/mol. The third-order valence-corrected chi connectivity index (χ3v) is 4.22. The number of phenols is 1. The molecule has 0 spiro atoms. The van der Waals surface area contributed by atoms with E-state index in [9.17, 15) is 5.11 Å². The fourth-order valence-corrected chi connectivity index (χ4v) is 3.12. The quantitative estimate of drug-likeness (QED) is 0.383. The third-order valence-electron chi connectivity index (χ3n) is 3.74. The Labute approximate surface area is 145 Å². The molecule has 1 unspecified atom stereocenters. The zero-order chi connectivity index (χ0) is 15.8. The molecule has 7 nitrogen and oxygen atoms in total. The molecule has 1 fully saturated rings. The van der Waals surface area contributed by atoms with Crippen molar-refractivity contribution in [3.05, 3.63) is 34.4 Å². The number of ether oxygens (including phenoxy) is 1. The highest BCUT2D eigenvalue weighted by Gasteiger charge is 2.22. The maximum atomic E-state index is 9.38. The van der Waals surface area contributed by atoms with Crippen LogP contribution >= 0.6 is 22.6 Å². The topological polar surface area (TPSA) is 85.1 Å². The number of nitrogens with one attached hydrogen (secondary N) is 1. The second-order valence-electron chi connectivity index (χ2n) is 5.30. The summed E-state index contributed by atoms with van der Waals surface area (Å²) in [6.07, 6.45) is 3.76. The SMILES string of the molecule is Oc1ccc(Nc2nc(I)nc3c2ncn3C2CCCO2)cc1. The lowest BCUT2D eigenvalue weighted by Gasteiger charge is -2.12. The van der Waals surface area contributed by atoms with E-state index in [4.69, 9.17) is 4.74 Å². The standard InChI is InChI=1S/C15H14IN5O2/c16-15-19-13(18-9-3-5-10(22)6-4-9)12-14(20-15)21(8-17-12)11-2-1-7-23-11/h3-6,8,11,22H,1-2,7H2,(H,18,19,20). The van der Waals surface area contributed by atoms with Crippen molar-refractivity contribution in [2.24, 2.45) is 0 Å². The normalized spacial score (nSPS) is 17.7. The van der Waals surface area contributed by atoms with E-state index in [2.05, 4.69) is 42.9 Å². The second-order valence-corrected chi connectivity index (χ2v) is 6.27. The number of imidazole rings is 1. The first-order valence-corrected chi connectivity index (χ1v) is 8.36. The number of halogens is 1. The molecule has 1 saturated heterocycles. The Kier molecular flexibility index (Phi) is 3.77. The van der Waals surface area contributed by atoms with Gasteiger partial charge in [0.25, 0.3) is 0 Å². The van der Waals surface area contributed by atoms with Crippen LogP contribution in [-0.4, -0.2) is 31.2 Å². The average Bonchev–Trinajstić information content (AvgIpc) is 3.18. The van der Waals surface area contributed by atoms with Gasteiger partial charge < -0.3 is 15.2 Å². The minimum atomic E-state index is -0.00720. The lowest BCUT2D eigenvalue weighted by Crippen LogP contribution is -2.07. The van der Waals surface area contributed by atoms with E-state index in [1.54, 1.807) is 30.6 Å². The largest absolute Gasteiger partial charge is 0.508 e. The Morgan fingerprint density at radius 3 is 2.83 bits per heavy atom. The monoisotopic (exact) mass is 423 g/mol. The maximum Gasteiger partial charge on any atom is 0.194 e. The van der Waals surface area contributed by atoms with Crippen LogP contribution in [0.3, 0.4) is 0 Å². The molecule has 0 bridgehead atoms. The zero-order valence-corrected chi connectivity index (χ0v) is 14.3. The van der Waals surface area contributed by atoms with Crippen LogP contribution in [0.2, 0.25) is 0 Å². The lowest BCUT2D eigenvalue weighted by molar-refractivity contribution is 0.0592. The zero-order valence-electron chi connectivity index (χ0n) is 12.1. The average molecular weight is 423 g/mol. The number of nitrogens with zero attached hydrogens (tertiary/aromatic N) is 4. The van der Waals surface area contributed by atoms with Gasteiger partial charge in [-0.1, -0.05) is 0 Å². The summed E-state index contributed by atoms with van der Waals surface area (Å²) in [6.45, 7) is 0.769. The van der Waals surface area contributed by atoms with Crippen molar-refractivity contribution >= 4 is 45.3 Å². The molecule has 1 aliphatic rings. The predicted molar refractivity (Wildman–Crippen MR) is 93.7 cm³/mol. The summed E-state index contributed by atoms with van der Waals surface area (Å²) >= 11 is 2.09. The van der Waals surface area contributed by atoms with E-state index < -0.39 is 0 Å². The Morgan fingerprint density at radius 2 is 2.09 bits per heavy atom. The molecule has 2 aromatic heterocycles. The van der Waals surface area contributed by atoms with E-state index in [-0.39, 0.29) is 12.0 Å². The van der Waals surface area contributed by atoms with Crippen molar-refractivity contribution in [1.82, 2.24) is 19.5 Å². The third kappa shape index (κ3) is 2.83. The minimum absolute atomic E-state index is 0.00720. The summed E-state index contributed by atoms with van der Waals surface area (Å²) in [7, 11) is 0. The molecule has 0 amide bonds. The van der Waals surface area contributed by atoms with Gasteiger partial charge in [0.2, 0.25) is 0 Å². The molecule has 0 aliphatic carbocycles. The first kappa shape index (κ1) is 14.6. The van der Waals surface area contributed by atoms with Crippen LogP contribution in [0, 0.1) is 3.83 Å². The molecule has 3 heterocycles. The predicted octanol–water partition coefficient (Wildman–Crippen LogP) is 3.19. The van der Waals surface area contributed by atoms with Gasteiger partial charge in [0.15, 0.2) is 20.8 Å². The summed E-state index contributed by atoms with van der Waals surface area (Å²) in [5.41, 5.74) is 2.29. The van der Waals surface area contributed by atoms with E-state index in [0.29, 0.717) is 15.2 Å². The summed E-state index contributed by atoms with van der Waals surface area (Å²) in [4.78, 5) is 13.4. The van der Waals surface area contributed by atoms with Gasteiger partial charge in [0.1, 0.15) is 12.0 Å². The molecule has 2 N–H and O–H groups in total. The number of fused-ring (bicyclic) bond motifs is 1. The van der Waals surface area contributed by atoms with E-state index in [1.807, 2.05) is 4.57 Å². The first-order chi connectivity index (χ1) is 11.2. The Hall–Kier alpha value is -1.94. The van der Waals surface area contributed by atoms with Gasteiger partial charge in [-0.25, -0.2) is 15.0 Å². The van der Waals surface area contributed by atoms with Crippen molar-refractivity contribution in [3.63, 3.8) is 0 Å². The van der Waals surface area contributed by atoms with E-state index in [0.717, 1.165) is 30.8 Å². The van der Waals surface area contributed by atoms with E-state index in [1.165, 1.54) is 0 Å². The van der Waals surface area contributed by atoms with Gasteiger partial charge in [-0.05, 0) is 37.1 Å². The molecule has 4 rings (SSSR count). The fourth-order valence-electron chi connectivity index (χ4n) is 2.65. The molecule has 8 heteroatoms. The number of benzene rings is 1. The van der Waals surface area contributed by atoms with Crippen LogP contribution in [0.15, 0.2) is 30.6 Å². The molecule has 0 radical (unpaired) electrons. The second kappa shape index (κ2) is 5.93. The maximum absolute atomic E-state index is 9.38. The van der Waals surface area contributed by atoms with Crippen LogP contribution < -0.4 is 5.32 Å². The van der Waals surface area contributed by atoms with Gasteiger partial charge in [0, 0.05) is 34.9 Å². The summed E-state index contributed by atoms with van der Waals surface area (Å²) < 4.78 is 8.33. The molecular formula is C15H14IN5O2. The molecule has 1 atom stereocenters. The van der Waals surface area contributed by atoms with Crippen LogP contribution in [0.5, 0.6) is 5.75 Å². The smallest absolute Gasteiger partial charge is 0.194 e. The van der Waals surface area contributed by atoms with Gasteiger partial charge in [-0.2, -0.15) is 0 Å². The molecule has 1 aliphatic heterocycles. The lowest BCUT2D eigenvalue weighted by atomic mass is 10.3. The van der Waals surface area contributed by atoms with Crippen LogP contribution in [-0.2, 0) is 4.74 Å². The highest BCUT2D eigenvalue weighted by Crippen LogP contribution is 2.29. The summed E-state index contributed by atoms with van der Waals surface area (Å²) in [5.74, 6) is 0.863. The number of hydrogen-bond donors (Lipinski definition) is 2. The summed E-state index contributed by atoms with van der Waals surface area (Å²) in [5, 5.41) is 12.6. The minimum Gasteiger partial charge on any atom is -0.508 e. The highest BCUT2D eigenvalue weighted by atomic mass is 127. The molecule has 3 aromatic rings. The Balaban J connectivity index is 1.75. The van der Waals surface area contributed by atoms with E-state index >= 15 is 0 Å². The number of aromatic nitrogens is 4. The van der Waals surface area contributed by atoms with Crippen molar-refractivity contribution in [1.29, 1.82) is 0 Å². The number of rotatable bonds is 3. The number of aromatic hydroxyl groups is 1. The Morgan fingerprint density at radius 1 is 1.26 bits per heavy atom. The van der Waals surface area contributed by atoms with Crippen molar-refractivity contribution in [2.45, 2.75) is 19.1 Å². The van der Waals surface area contributed by atoms with Crippen molar-refractivity contribution in [3.8, 4) is 5.75 Å². The number of anilines is 2. The molecule has 23 heavy (non-hydrogen) atoms. The fraction of sp³-hybridized carbons (Fsp3) is 0.267. The van der Waals surface area contributed by atoms with Gasteiger partial charge in [-0.15, -0.1) is 0 Å². The molecule has 0 saturated carbocycles. The highest BCUT2D eigenvalue weighted by molar-refractivity contribution is 14.1. The molecule has 1 aromatic carbocycles. The van der Waals surface area contributed by atoms with Gasteiger partial charge in [0.05, 0.1) is 6.33 Å². The van der Waals surface area contributed by atoms with Crippen LogP contribution in [0.25, 0.3) is 11.2 Å². The number of phenolic OH excluding ortho intramolecular Hbond substituents is 1. The van der Waals surface area contributed by atoms with Crippen LogP contribution in [0.4, 0.5) is 11.5 Å². The molecule has 118 valence electrons. The van der Waals surface area contributed by atoms with Crippen LogP contribution in [0.1, 0.15) is 19.1 Å². The van der Waals surface area contributed by atoms with Crippen molar-refractivity contribution in [2.75, 3.05) is 11.9 Å². The van der Waals surface area contributed by atoms with Crippen molar-refractivity contribution < 1.29 is 9.84 Å². The Bertz CT molecular complexity index is 843. The number of hydrogen-bond acceptors (Lipinski definition) is 6. The summed E-state index contributed by atoms with van der Waals surface area (Å²) in [6, 6.07) is 6.81.